The molecule has 0 aliphatic rings. The van der Waals surface area contributed by atoms with E-state index in [1.807, 2.05) is 0 Å². The number of halogens is 4. The SMILES string of the molecule is CNC(CCS(C)(=O)=O)c1cccc(C(F)(F)F)c1F. The van der Waals surface area contributed by atoms with Crippen molar-refractivity contribution in [2.45, 2.75) is 18.6 Å². The van der Waals surface area contributed by atoms with E-state index in [1.165, 1.54) is 13.1 Å². The van der Waals surface area contributed by atoms with Gasteiger partial charge in [0.25, 0.3) is 0 Å². The molecule has 0 aliphatic carbocycles. The Morgan fingerprint density at radius 1 is 1.30 bits per heavy atom. The maximum absolute atomic E-state index is 13.9. The Morgan fingerprint density at radius 2 is 1.90 bits per heavy atom. The van der Waals surface area contributed by atoms with Crippen molar-refractivity contribution < 1.29 is 26.0 Å². The fourth-order valence-corrected chi connectivity index (χ4v) is 2.49. The quantitative estimate of drug-likeness (QED) is 0.850. The highest BCUT2D eigenvalue weighted by Crippen LogP contribution is 2.34. The topological polar surface area (TPSA) is 46.2 Å². The molecule has 114 valence electrons. The number of alkyl halides is 3. The number of rotatable bonds is 5. The largest absolute Gasteiger partial charge is 0.419 e. The van der Waals surface area contributed by atoms with Crippen LogP contribution < -0.4 is 5.32 Å². The van der Waals surface area contributed by atoms with Crippen LogP contribution in [-0.4, -0.2) is 27.5 Å². The molecule has 3 nitrogen and oxygen atoms in total. The molecule has 0 amide bonds. The van der Waals surface area contributed by atoms with Crippen molar-refractivity contribution in [3.05, 3.63) is 35.1 Å². The zero-order chi connectivity index (χ0) is 15.6. The van der Waals surface area contributed by atoms with Gasteiger partial charge >= 0.3 is 6.18 Å². The van der Waals surface area contributed by atoms with Crippen LogP contribution in [0.3, 0.4) is 0 Å². The van der Waals surface area contributed by atoms with Crippen molar-refractivity contribution in [1.82, 2.24) is 5.32 Å². The van der Waals surface area contributed by atoms with Crippen LogP contribution >= 0.6 is 0 Å². The van der Waals surface area contributed by atoms with Gasteiger partial charge in [0.05, 0.1) is 11.3 Å². The molecule has 0 aliphatic heterocycles. The molecule has 0 saturated carbocycles. The summed E-state index contributed by atoms with van der Waals surface area (Å²) in [6.45, 7) is 0. The summed E-state index contributed by atoms with van der Waals surface area (Å²) in [5, 5.41) is 2.64. The van der Waals surface area contributed by atoms with E-state index in [9.17, 15) is 26.0 Å². The second kappa shape index (κ2) is 6.09. The van der Waals surface area contributed by atoms with Gasteiger partial charge in [-0.1, -0.05) is 12.1 Å². The number of benzene rings is 1. The second-order valence-corrected chi connectivity index (χ2v) is 6.73. The first-order valence-electron chi connectivity index (χ1n) is 5.77. The van der Waals surface area contributed by atoms with Gasteiger partial charge in [-0.05, 0) is 19.5 Å². The maximum Gasteiger partial charge on any atom is 0.419 e. The van der Waals surface area contributed by atoms with E-state index in [-0.39, 0.29) is 17.7 Å². The fraction of sp³-hybridized carbons (Fsp3) is 0.500. The second-order valence-electron chi connectivity index (χ2n) is 4.47. The third-order valence-electron chi connectivity index (χ3n) is 2.84. The van der Waals surface area contributed by atoms with Gasteiger partial charge in [0, 0.05) is 17.9 Å². The molecule has 0 bridgehead atoms. The van der Waals surface area contributed by atoms with Gasteiger partial charge in [-0.15, -0.1) is 0 Å². The molecule has 0 aromatic heterocycles. The van der Waals surface area contributed by atoms with Crippen molar-refractivity contribution in [3.8, 4) is 0 Å². The average molecular weight is 313 g/mol. The number of nitrogens with one attached hydrogen (secondary N) is 1. The van der Waals surface area contributed by atoms with Gasteiger partial charge in [-0.25, -0.2) is 12.8 Å². The van der Waals surface area contributed by atoms with Crippen molar-refractivity contribution in [3.63, 3.8) is 0 Å². The first-order chi connectivity index (χ1) is 9.06. The molecular formula is C12H15F4NO2S. The number of hydrogen-bond donors (Lipinski definition) is 1. The zero-order valence-corrected chi connectivity index (χ0v) is 11.8. The summed E-state index contributed by atoms with van der Waals surface area (Å²) in [6.07, 6.45) is -3.77. The summed E-state index contributed by atoms with van der Waals surface area (Å²) >= 11 is 0. The molecule has 0 saturated heterocycles. The molecule has 1 atom stereocenters. The van der Waals surface area contributed by atoms with Gasteiger partial charge < -0.3 is 5.32 Å². The van der Waals surface area contributed by atoms with Gasteiger partial charge in [0.15, 0.2) is 0 Å². The van der Waals surface area contributed by atoms with Gasteiger partial charge in [-0.2, -0.15) is 13.2 Å². The molecule has 0 heterocycles. The van der Waals surface area contributed by atoms with E-state index in [2.05, 4.69) is 5.32 Å². The average Bonchev–Trinajstić information content (AvgIpc) is 2.28. The van der Waals surface area contributed by atoms with Crippen molar-refractivity contribution in [2.24, 2.45) is 0 Å². The molecule has 1 aromatic rings. The van der Waals surface area contributed by atoms with Crippen molar-refractivity contribution >= 4 is 9.84 Å². The number of hydrogen-bond acceptors (Lipinski definition) is 3. The van der Waals surface area contributed by atoms with Crippen molar-refractivity contribution in [2.75, 3.05) is 19.1 Å². The summed E-state index contributed by atoms with van der Waals surface area (Å²) in [4.78, 5) is 0. The smallest absolute Gasteiger partial charge is 0.313 e. The van der Waals surface area contributed by atoms with Gasteiger partial charge in [0.2, 0.25) is 0 Å². The van der Waals surface area contributed by atoms with Crippen LogP contribution in [0.2, 0.25) is 0 Å². The monoisotopic (exact) mass is 313 g/mol. The standard InChI is InChI=1S/C12H15F4NO2S/c1-17-10(6-7-20(2,18)19)8-4-3-5-9(11(8)13)12(14,15)16/h3-5,10,17H,6-7H2,1-2H3. The van der Waals surface area contributed by atoms with Crippen LogP contribution in [0, 0.1) is 5.82 Å². The summed E-state index contributed by atoms with van der Waals surface area (Å²) in [6, 6.07) is 2.18. The molecular weight excluding hydrogens is 298 g/mol. The van der Waals surface area contributed by atoms with E-state index in [4.69, 9.17) is 0 Å². The minimum atomic E-state index is -4.78. The molecule has 1 N–H and O–H groups in total. The maximum atomic E-state index is 13.9. The normalized spacial score (nSPS) is 14.3. The molecule has 1 aromatic carbocycles. The highest BCUT2D eigenvalue weighted by Gasteiger charge is 2.35. The van der Waals surface area contributed by atoms with E-state index in [0.29, 0.717) is 6.07 Å². The Bertz CT molecular complexity index is 569. The van der Waals surface area contributed by atoms with Crippen LogP contribution in [-0.2, 0) is 16.0 Å². The minimum absolute atomic E-state index is 0.00639. The van der Waals surface area contributed by atoms with Crippen LogP contribution in [0.25, 0.3) is 0 Å². The fourth-order valence-electron chi connectivity index (χ4n) is 1.83. The Hall–Kier alpha value is -1.15. The molecule has 1 unspecified atom stereocenters. The Kier molecular flexibility index (Phi) is 5.15. The minimum Gasteiger partial charge on any atom is -0.313 e. The lowest BCUT2D eigenvalue weighted by atomic mass is 10.0. The Balaban J connectivity index is 3.11. The summed E-state index contributed by atoms with van der Waals surface area (Å²) < 4.78 is 73.9. The van der Waals surface area contributed by atoms with E-state index in [1.54, 1.807) is 0 Å². The molecule has 0 radical (unpaired) electrons. The highest BCUT2D eigenvalue weighted by atomic mass is 32.2. The molecule has 20 heavy (non-hydrogen) atoms. The predicted molar refractivity (Wildman–Crippen MR) is 67.5 cm³/mol. The molecule has 1 rings (SSSR count). The van der Waals surface area contributed by atoms with Crippen LogP contribution in [0.15, 0.2) is 18.2 Å². The third-order valence-corrected chi connectivity index (χ3v) is 3.81. The van der Waals surface area contributed by atoms with Crippen LogP contribution in [0.5, 0.6) is 0 Å². The van der Waals surface area contributed by atoms with Crippen LogP contribution in [0.1, 0.15) is 23.6 Å². The Morgan fingerprint density at radius 3 is 2.35 bits per heavy atom. The van der Waals surface area contributed by atoms with Gasteiger partial charge in [0.1, 0.15) is 15.7 Å². The number of sulfone groups is 1. The summed E-state index contributed by atoms with van der Waals surface area (Å²) in [5.41, 5.74) is -1.54. The molecule has 8 heteroatoms. The lowest BCUT2D eigenvalue weighted by Crippen LogP contribution is -2.22. The van der Waals surface area contributed by atoms with Gasteiger partial charge in [-0.3, -0.25) is 0 Å². The Labute approximate surface area is 114 Å². The molecule has 0 fully saturated rings. The first kappa shape index (κ1) is 16.9. The van der Waals surface area contributed by atoms with E-state index >= 15 is 0 Å². The van der Waals surface area contributed by atoms with Crippen LogP contribution in [0.4, 0.5) is 17.6 Å². The lowest BCUT2D eigenvalue weighted by molar-refractivity contribution is -0.140. The lowest BCUT2D eigenvalue weighted by Gasteiger charge is -2.19. The summed E-state index contributed by atoms with van der Waals surface area (Å²) in [7, 11) is -1.84. The molecule has 0 spiro atoms. The predicted octanol–water partition coefficient (Wildman–Crippen LogP) is 2.54. The van der Waals surface area contributed by atoms with E-state index in [0.717, 1.165) is 12.3 Å². The first-order valence-corrected chi connectivity index (χ1v) is 7.83. The summed E-state index contributed by atoms with van der Waals surface area (Å²) in [5.74, 6) is -1.61. The van der Waals surface area contributed by atoms with E-state index < -0.39 is 33.4 Å². The zero-order valence-electron chi connectivity index (χ0n) is 11.0. The van der Waals surface area contributed by atoms with Crippen molar-refractivity contribution in [1.29, 1.82) is 0 Å². The highest BCUT2D eigenvalue weighted by molar-refractivity contribution is 7.90. The third kappa shape index (κ3) is 4.45.